The summed E-state index contributed by atoms with van der Waals surface area (Å²) >= 11 is 0. The summed E-state index contributed by atoms with van der Waals surface area (Å²) in [5.74, 6) is 0. The number of aliphatic hydroxyl groups excluding tert-OH is 1. The van der Waals surface area contributed by atoms with Crippen molar-refractivity contribution in [3.05, 3.63) is 33.9 Å². The molecule has 1 atom stereocenters. The minimum atomic E-state index is -3.88. The summed E-state index contributed by atoms with van der Waals surface area (Å²) in [5, 5.41) is 19.7. The van der Waals surface area contributed by atoms with E-state index in [1.54, 1.807) is 13.8 Å². The van der Waals surface area contributed by atoms with E-state index in [1.165, 1.54) is 12.1 Å². The quantitative estimate of drug-likeness (QED) is 0.598. The standard InChI is InChI=1S/C11H16N2O5S/c1-3-9(7-14)12-19(17,18)11-6-10(13(15)16)5-4-8(11)2/h4-6,9,12,14H,3,7H2,1-2H3/t9-/m0/s1. The number of nitro benzene ring substituents is 1. The van der Waals surface area contributed by atoms with Crippen LogP contribution in [0.1, 0.15) is 18.9 Å². The topological polar surface area (TPSA) is 110 Å². The Morgan fingerprint density at radius 2 is 2.11 bits per heavy atom. The zero-order valence-electron chi connectivity index (χ0n) is 10.7. The molecule has 0 aromatic heterocycles. The summed E-state index contributed by atoms with van der Waals surface area (Å²) in [6.07, 6.45) is 0.420. The fourth-order valence-corrected chi connectivity index (χ4v) is 3.10. The van der Waals surface area contributed by atoms with Crippen LogP contribution >= 0.6 is 0 Å². The molecule has 0 saturated carbocycles. The number of hydrogen-bond acceptors (Lipinski definition) is 5. The average molecular weight is 288 g/mol. The highest BCUT2D eigenvalue weighted by atomic mass is 32.2. The molecule has 0 saturated heterocycles. The zero-order chi connectivity index (χ0) is 14.6. The maximum absolute atomic E-state index is 12.1. The van der Waals surface area contributed by atoms with Crippen LogP contribution in [0.25, 0.3) is 0 Å². The first-order valence-corrected chi connectivity index (χ1v) is 7.18. The summed E-state index contributed by atoms with van der Waals surface area (Å²) in [7, 11) is -3.88. The second-order valence-electron chi connectivity index (χ2n) is 4.12. The van der Waals surface area contributed by atoms with E-state index in [-0.39, 0.29) is 17.2 Å². The smallest absolute Gasteiger partial charge is 0.270 e. The monoisotopic (exact) mass is 288 g/mol. The molecule has 0 unspecified atom stereocenters. The number of non-ortho nitro benzene ring substituents is 1. The van der Waals surface area contributed by atoms with Gasteiger partial charge < -0.3 is 5.11 Å². The van der Waals surface area contributed by atoms with Crippen LogP contribution in [0.5, 0.6) is 0 Å². The summed E-state index contributed by atoms with van der Waals surface area (Å²) < 4.78 is 26.5. The van der Waals surface area contributed by atoms with Gasteiger partial charge in [-0.15, -0.1) is 0 Å². The maximum Gasteiger partial charge on any atom is 0.270 e. The predicted molar refractivity (Wildman–Crippen MR) is 69.3 cm³/mol. The van der Waals surface area contributed by atoms with Crippen LogP contribution < -0.4 is 4.72 Å². The van der Waals surface area contributed by atoms with Gasteiger partial charge in [0.15, 0.2) is 0 Å². The molecule has 0 heterocycles. The van der Waals surface area contributed by atoms with E-state index in [2.05, 4.69) is 4.72 Å². The largest absolute Gasteiger partial charge is 0.395 e. The molecule has 0 radical (unpaired) electrons. The predicted octanol–water partition coefficient (Wildman–Crippen LogP) is 0.952. The molecule has 8 heteroatoms. The third-order valence-corrected chi connectivity index (χ3v) is 4.37. The number of benzene rings is 1. The fourth-order valence-electron chi connectivity index (χ4n) is 1.52. The lowest BCUT2D eigenvalue weighted by atomic mass is 10.2. The number of rotatable bonds is 6. The van der Waals surface area contributed by atoms with Crippen molar-refractivity contribution in [2.45, 2.75) is 31.2 Å². The summed E-state index contributed by atoms with van der Waals surface area (Å²) in [6, 6.07) is 3.04. The molecule has 0 aliphatic carbocycles. The van der Waals surface area contributed by atoms with Crippen LogP contribution in [0.4, 0.5) is 5.69 Å². The van der Waals surface area contributed by atoms with Crippen LogP contribution in [0.15, 0.2) is 23.1 Å². The number of nitro groups is 1. The van der Waals surface area contributed by atoms with Gasteiger partial charge in [0.05, 0.1) is 16.4 Å². The lowest BCUT2D eigenvalue weighted by Gasteiger charge is -2.15. The van der Waals surface area contributed by atoms with Crippen molar-refractivity contribution in [3.8, 4) is 0 Å². The lowest BCUT2D eigenvalue weighted by Crippen LogP contribution is -2.37. The first kappa shape index (κ1) is 15.5. The second kappa shape index (κ2) is 6.09. The molecule has 0 amide bonds. The van der Waals surface area contributed by atoms with Crippen molar-refractivity contribution in [2.75, 3.05) is 6.61 Å². The van der Waals surface area contributed by atoms with Gasteiger partial charge in [-0.05, 0) is 18.9 Å². The Kier molecular flexibility index (Phi) is 4.98. The molecule has 1 aromatic rings. The Labute approximate surface area is 111 Å². The summed E-state index contributed by atoms with van der Waals surface area (Å²) in [4.78, 5) is 9.88. The highest BCUT2D eigenvalue weighted by molar-refractivity contribution is 7.89. The number of hydrogen-bond donors (Lipinski definition) is 2. The lowest BCUT2D eigenvalue weighted by molar-refractivity contribution is -0.385. The highest BCUT2D eigenvalue weighted by Crippen LogP contribution is 2.21. The van der Waals surface area contributed by atoms with Gasteiger partial charge in [-0.25, -0.2) is 13.1 Å². The van der Waals surface area contributed by atoms with Crippen molar-refractivity contribution >= 4 is 15.7 Å². The van der Waals surface area contributed by atoms with Crippen molar-refractivity contribution in [2.24, 2.45) is 0 Å². The Bertz CT molecular complexity index is 566. The zero-order valence-corrected chi connectivity index (χ0v) is 11.5. The van der Waals surface area contributed by atoms with Crippen molar-refractivity contribution in [1.29, 1.82) is 0 Å². The van der Waals surface area contributed by atoms with E-state index < -0.39 is 21.0 Å². The van der Waals surface area contributed by atoms with Crippen LogP contribution in [0.3, 0.4) is 0 Å². The van der Waals surface area contributed by atoms with E-state index in [0.29, 0.717) is 12.0 Å². The van der Waals surface area contributed by atoms with E-state index in [9.17, 15) is 18.5 Å². The molecule has 1 rings (SSSR count). The van der Waals surface area contributed by atoms with Crippen molar-refractivity contribution in [3.63, 3.8) is 0 Å². The molecule has 0 spiro atoms. The molecule has 0 bridgehead atoms. The van der Waals surface area contributed by atoms with Gasteiger partial charge >= 0.3 is 0 Å². The number of aliphatic hydroxyl groups is 1. The molecule has 0 fully saturated rings. The van der Waals surface area contributed by atoms with Crippen LogP contribution in [0.2, 0.25) is 0 Å². The molecule has 7 nitrogen and oxygen atoms in total. The SMILES string of the molecule is CC[C@@H](CO)NS(=O)(=O)c1cc([N+](=O)[O-])ccc1C. The Morgan fingerprint density at radius 3 is 2.58 bits per heavy atom. The van der Waals surface area contributed by atoms with Gasteiger partial charge in [-0.2, -0.15) is 0 Å². The molecular weight excluding hydrogens is 272 g/mol. The van der Waals surface area contributed by atoms with Gasteiger partial charge in [0.2, 0.25) is 10.0 Å². The molecule has 19 heavy (non-hydrogen) atoms. The molecule has 106 valence electrons. The third-order valence-electron chi connectivity index (χ3n) is 2.71. The molecular formula is C11H16N2O5S. The van der Waals surface area contributed by atoms with Gasteiger partial charge in [-0.3, -0.25) is 10.1 Å². The number of nitrogens with one attached hydrogen (secondary N) is 1. The maximum atomic E-state index is 12.1. The van der Waals surface area contributed by atoms with E-state index >= 15 is 0 Å². The van der Waals surface area contributed by atoms with Crippen LogP contribution in [0, 0.1) is 17.0 Å². The third kappa shape index (κ3) is 3.72. The minimum Gasteiger partial charge on any atom is -0.395 e. The Morgan fingerprint density at radius 1 is 1.47 bits per heavy atom. The fraction of sp³-hybridized carbons (Fsp3) is 0.455. The van der Waals surface area contributed by atoms with Crippen LogP contribution in [-0.4, -0.2) is 31.1 Å². The van der Waals surface area contributed by atoms with Crippen molar-refractivity contribution < 1.29 is 18.4 Å². The second-order valence-corrected chi connectivity index (χ2v) is 5.80. The molecule has 0 aliphatic heterocycles. The first-order valence-electron chi connectivity index (χ1n) is 5.70. The van der Waals surface area contributed by atoms with E-state index in [4.69, 9.17) is 5.11 Å². The minimum absolute atomic E-state index is 0.145. The number of aryl methyl sites for hydroxylation is 1. The van der Waals surface area contributed by atoms with Gasteiger partial charge in [0, 0.05) is 18.2 Å². The number of nitrogens with zero attached hydrogens (tertiary/aromatic N) is 1. The number of sulfonamides is 1. The molecule has 1 aromatic carbocycles. The van der Waals surface area contributed by atoms with E-state index in [1.807, 2.05) is 0 Å². The van der Waals surface area contributed by atoms with Crippen LogP contribution in [-0.2, 0) is 10.0 Å². The Balaban J connectivity index is 3.20. The normalized spacial score (nSPS) is 13.2. The first-order chi connectivity index (χ1) is 8.81. The Hall–Kier alpha value is -1.51. The van der Waals surface area contributed by atoms with Gasteiger partial charge in [-0.1, -0.05) is 13.0 Å². The molecule has 0 aliphatic rings. The van der Waals surface area contributed by atoms with Gasteiger partial charge in [0.1, 0.15) is 0 Å². The van der Waals surface area contributed by atoms with Crippen molar-refractivity contribution in [1.82, 2.24) is 4.72 Å². The van der Waals surface area contributed by atoms with Gasteiger partial charge in [0.25, 0.3) is 5.69 Å². The van der Waals surface area contributed by atoms with E-state index in [0.717, 1.165) is 6.07 Å². The summed E-state index contributed by atoms with van der Waals surface area (Å²) in [5.41, 5.74) is 0.119. The highest BCUT2D eigenvalue weighted by Gasteiger charge is 2.23. The average Bonchev–Trinajstić information content (AvgIpc) is 2.35. The molecule has 2 N–H and O–H groups in total. The summed E-state index contributed by atoms with van der Waals surface area (Å²) in [6.45, 7) is 2.95.